The van der Waals surface area contributed by atoms with E-state index in [-0.39, 0.29) is 4.84 Å². The van der Waals surface area contributed by atoms with Gasteiger partial charge < -0.3 is 4.42 Å². The van der Waals surface area contributed by atoms with Crippen molar-refractivity contribution in [2.75, 3.05) is 6.54 Å². The quantitative estimate of drug-likeness (QED) is 0.881. The fourth-order valence-electron chi connectivity index (χ4n) is 2.39. The number of nitrogens with one attached hydrogen (secondary N) is 1. The first-order valence-corrected chi connectivity index (χ1v) is 7.75. The third-order valence-electron chi connectivity index (χ3n) is 3.49. The first-order chi connectivity index (χ1) is 9.22. The summed E-state index contributed by atoms with van der Waals surface area (Å²) in [6.45, 7) is 4.37. The molecule has 0 spiro atoms. The van der Waals surface area contributed by atoms with E-state index in [0.717, 1.165) is 17.2 Å². The second kappa shape index (κ2) is 5.52. The molecule has 1 atom stereocenters. The largest absolute Gasteiger partial charge is 0.408 e. The van der Waals surface area contributed by atoms with Crippen LogP contribution in [0.3, 0.4) is 0 Å². The molecule has 0 bridgehead atoms. The van der Waals surface area contributed by atoms with E-state index in [2.05, 4.69) is 27.0 Å². The maximum atomic E-state index is 5.27. The Bertz CT molecular complexity index is 603. The van der Waals surface area contributed by atoms with Crippen LogP contribution in [-0.4, -0.2) is 32.7 Å². The molecular formula is C12H16N4OS2. The fraction of sp³-hybridized carbons (Fsp3) is 0.583. The van der Waals surface area contributed by atoms with Crippen LogP contribution in [0.15, 0.2) is 9.80 Å². The Morgan fingerprint density at radius 2 is 2.47 bits per heavy atom. The van der Waals surface area contributed by atoms with Gasteiger partial charge in [-0.1, -0.05) is 6.42 Å². The minimum Gasteiger partial charge on any atom is -0.408 e. The normalized spacial score (nSPS) is 20.8. The molecule has 2 aromatic heterocycles. The molecule has 1 aliphatic heterocycles. The number of nitrogens with zero attached hydrogens (tertiary/aromatic N) is 3. The van der Waals surface area contributed by atoms with Crippen molar-refractivity contribution in [2.24, 2.45) is 0 Å². The van der Waals surface area contributed by atoms with Gasteiger partial charge in [0.15, 0.2) is 0 Å². The second-order valence-electron chi connectivity index (χ2n) is 4.86. The maximum absolute atomic E-state index is 5.27. The van der Waals surface area contributed by atoms with E-state index >= 15 is 0 Å². The van der Waals surface area contributed by atoms with Gasteiger partial charge in [0.2, 0.25) is 0 Å². The minimum atomic E-state index is 0.286. The summed E-state index contributed by atoms with van der Waals surface area (Å²) >= 11 is 6.52. The Morgan fingerprint density at radius 3 is 3.21 bits per heavy atom. The Hall–Kier alpha value is -1.05. The molecule has 7 heteroatoms. The molecule has 0 saturated carbocycles. The molecule has 3 heterocycles. The molecule has 2 aromatic rings. The molecule has 0 aromatic carbocycles. The highest BCUT2D eigenvalue weighted by atomic mass is 32.1. The Labute approximate surface area is 120 Å². The van der Waals surface area contributed by atoms with E-state index in [9.17, 15) is 0 Å². The number of hydrogen-bond acceptors (Lipinski definition) is 6. The molecule has 19 heavy (non-hydrogen) atoms. The number of piperidine rings is 1. The van der Waals surface area contributed by atoms with E-state index in [1.807, 2.05) is 5.38 Å². The van der Waals surface area contributed by atoms with Gasteiger partial charge in [-0.15, -0.1) is 16.4 Å². The lowest BCUT2D eigenvalue weighted by Crippen LogP contribution is -2.36. The molecule has 1 aliphatic rings. The molecule has 0 aliphatic carbocycles. The zero-order valence-electron chi connectivity index (χ0n) is 10.8. The van der Waals surface area contributed by atoms with Crippen LogP contribution in [0.4, 0.5) is 0 Å². The molecule has 0 amide bonds. The first-order valence-electron chi connectivity index (χ1n) is 6.47. The number of likely N-dealkylation sites (tertiary alicyclic amines) is 1. The highest BCUT2D eigenvalue weighted by Gasteiger charge is 2.20. The topological polar surface area (TPSA) is 58.0 Å². The van der Waals surface area contributed by atoms with Crippen molar-refractivity contribution in [3.8, 4) is 11.6 Å². The van der Waals surface area contributed by atoms with Crippen molar-refractivity contribution in [3.63, 3.8) is 0 Å². The predicted molar refractivity (Wildman–Crippen MR) is 76.5 cm³/mol. The summed E-state index contributed by atoms with van der Waals surface area (Å²) in [6.07, 6.45) is 3.91. The van der Waals surface area contributed by atoms with Gasteiger partial charge in [-0.2, -0.15) is 0 Å². The lowest BCUT2D eigenvalue weighted by molar-refractivity contribution is 0.152. The SMILES string of the molecule is CC1CCCCN1Cc1nc(-c2n[nH]c(=S)o2)cs1. The van der Waals surface area contributed by atoms with Crippen LogP contribution < -0.4 is 0 Å². The van der Waals surface area contributed by atoms with E-state index in [1.54, 1.807) is 11.3 Å². The van der Waals surface area contributed by atoms with Crippen LogP contribution in [-0.2, 0) is 6.54 Å². The van der Waals surface area contributed by atoms with Crippen LogP contribution in [0.2, 0.25) is 0 Å². The van der Waals surface area contributed by atoms with Gasteiger partial charge in [0.05, 0.1) is 6.54 Å². The van der Waals surface area contributed by atoms with E-state index in [4.69, 9.17) is 16.6 Å². The zero-order chi connectivity index (χ0) is 13.2. The Morgan fingerprint density at radius 1 is 1.58 bits per heavy atom. The van der Waals surface area contributed by atoms with Crippen molar-refractivity contribution in [1.82, 2.24) is 20.1 Å². The third-order valence-corrected chi connectivity index (χ3v) is 4.50. The van der Waals surface area contributed by atoms with Gasteiger partial charge in [-0.05, 0) is 38.5 Å². The molecule has 1 saturated heterocycles. The number of aromatic amines is 1. The summed E-state index contributed by atoms with van der Waals surface area (Å²) in [5.74, 6) is 0.471. The van der Waals surface area contributed by atoms with Gasteiger partial charge in [-0.25, -0.2) is 10.1 Å². The van der Waals surface area contributed by atoms with Crippen molar-refractivity contribution in [1.29, 1.82) is 0 Å². The zero-order valence-corrected chi connectivity index (χ0v) is 12.4. The minimum absolute atomic E-state index is 0.286. The standard InChI is InChI=1S/C12H16N4OS2/c1-8-4-2-3-5-16(8)6-10-13-9(7-19-10)11-14-15-12(18)17-11/h7-8H,2-6H2,1H3,(H,15,18). The van der Waals surface area contributed by atoms with Gasteiger partial charge in [-0.3, -0.25) is 4.90 Å². The van der Waals surface area contributed by atoms with Crippen molar-refractivity contribution in [2.45, 2.75) is 38.8 Å². The molecule has 1 fully saturated rings. The second-order valence-corrected chi connectivity index (χ2v) is 6.17. The predicted octanol–water partition coefficient (Wildman–Crippen LogP) is 3.23. The van der Waals surface area contributed by atoms with Crippen LogP contribution in [0, 0.1) is 4.84 Å². The summed E-state index contributed by atoms with van der Waals surface area (Å²) in [5.41, 5.74) is 0.761. The lowest BCUT2D eigenvalue weighted by Gasteiger charge is -2.32. The Balaban J connectivity index is 1.72. The van der Waals surface area contributed by atoms with Crippen molar-refractivity contribution < 1.29 is 4.42 Å². The van der Waals surface area contributed by atoms with Gasteiger partial charge in [0, 0.05) is 11.4 Å². The summed E-state index contributed by atoms with van der Waals surface area (Å²) in [6, 6.07) is 0.649. The van der Waals surface area contributed by atoms with Crippen molar-refractivity contribution >= 4 is 23.6 Å². The van der Waals surface area contributed by atoms with Gasteiger partial charge >= 0.3 is 0 Å². The van der Waals surface area contributed by atoms with Crippen LogP contribution in [0.1, 0.15) is 31.2 Å². The molecule has 0 radical (unpaired) electrons. The number of hydrogen-bond donors (Lipinski definition) is 1. The van der Waals surface area contributed by atoms with Crippen LogP contribution >= 0.6 is 23.6 Å². The summed E-state index contributed by atoms with van der Waals surface area (Å²) in [4.78, 5) is 7.36. The highest BCUT2D eigenvalue weighted by molar-refractivity contribution is 7.71. The number of rotatable bonds is 3. The van der Waals surface area contributed by atoms with E-state index < -0.39 is 0 Å². The molecular weight excluding hydrogens is 280 g/mol. The third kappa shape index (κ3) is 2.93. The smallest absolute Gasteiger partial charge is 0.284 e. The van der Waals surface area contributed by atoms with Crippen LogP contribution in [0.5, 0.6) is 0 Å². The number of thiazole rings is 1. The van der Waals surface area contributed by atoms with Gasteiger partial charge in [0.25, 0.3) is 10.7 Å². The van der Waals surface area contributed by atoms with Crippen LogP contribution in [0.25, 0.3) is 11.6 Å². The fourth-order valence-corrected chi connectivity index (χ4v) is 3.30. The average molecular weight is 296 g/mol. The molecule has 5 nitrogen and oxygen atoms in total. The molecule has 1 N–H and O–H groups in total. The first kappa shape index (κ1) is 13.0. The summed E-state index contributed by atoms with van der Waals surface area (Å²) in [5, 5.41) is 9.69. The molecule has 1 unspecified atom stereocenters. The monoisotopic (exact) mass is 296 g/mol. The number of H-pyrrole nitrogens is 1. The van der Waals surface area contributed by atoms with Gasteiger partial charge in [0.1, 0.15) is 10.7 Å². The molecule has 102 valence electrons. The van der Waals surface area contributed by atoms with E-state index in [1.165, 1.54) is 25.8 Å². The number of aromatic nitrogens is 3. The average Bonchev–Trinajstić information content (AvgIpc) is 3.01. The molecule has 3 rings (SSSR count). The van der Waals surface area contributed by atoms with E-state index in [0.29, 0.717) is 11.9 Å². The summed E-state index contributed by atoms with van der Waals surface area (Å²) < 4.78 is 5.27. The van der Waals surface area contributed by atoms with Crippen molar-refractivity contribution in [3.05, 3.63) is 15.2 Å². The summed E-state index contributed by atoms with van der Waals surface area (Å²) in [7, 11) is 0. The maximum Gasteiger partial charge on any atom is 0.284 e. The Kier molecular flexibility index (Phi) is 3.76. The lowest BCUT2D eigenvalue weighted by atomic mass is 10.0. The highest BCUT2D eigenvalue weighted by Crippen LogP contribution is 2.24.